The largest absolute Gasteiger partial charge is 0.756 e. The first kappa shape index (κ1) is 41.8. The van der Waals surface area contributed by atoms with Gasteiger partial charge in [-0.2, -0.15) is 0 Å². The quantitative estimate of drug-likeness (QED) is 0.0261. The number of nitrogens with zero attached hydrogens (tertiary/aromatic N) is 1. The lowest BCUT2D eigenvalue weighted by molar-refractivity contribution is -0.870. The molecular weight excluding hydrogens is 569 g/mol. The maximum Gasteiger partial charge on any atom is 0.306 e. The predicted octanol–water partition coefficient (Wildman–Crippen LogP) is 7.66. The lowest BCUT2D eigenvalue weighted by atomic mass is 10.1. The number of allylic oxidation sites excluding steroid dienone is 2. The van der Waals surface area contributed by atoms with Crippen molar-refractivity contribution in [1.82, 2.24) is 0 Å². The molecule has 0 aliphatic carbocycles. The van der Waals surface area contributed by atoms with E-state index in [0.29, 0.717) is 23.9 Å². The van der Waals surface area contributed by atoms with Crippen molar-refractivity contribution in [2.24, 2.45) is 0 Å². The standard InChI is InChI=1S/C33H64NO8P/c1-6-8-10-11-12-13-14-15-16-17-18-19-20-21-22-24-26-33(36)42-31(29-39-32(35)25-23-9-7-2)30-41-43(37,38)40-28-27-34(3,4)5/h16-17,31H,6-15,18-30H2,1-5H3/b17-16-. The molecule has 0 aromatic rings. The van der Waals surface area contributed by atoms with Crippen molar-refractivity contribution in [3.05, 3.63) is 12.2 Å². The second-order valence-corrected chi connectivity index (χ2v) is 13.9. The molecule has 254 valence electrons. The van der Waals surface area contributed by atoms with E-state index in [0.717, 1.165) is 44.9 Å². The average Bonchev–Trinajstić information content (AvgIpc) is 2.93. The Kier molecular flexibility index (Phi) is 26.3. The van der Waals surface area contributed by atoms with Crippen molar-refractivity contribution in [2.45, 2.75) is 142 Å². The van der Waals surface area contributed by atoms with Crippen molar-refractivity contribution in [3.8, 4) is 0 Å². The third kappa shape index (κ3) is 30.6. The molecule has 9 nitrogen and oxygen atoms in total. The second-order valence-electron chi connectivity index (χ2n) is 12.5. The molecule has 0 saturated heterocycles. The van der Waals surface area contributed by atoms with E-state index in [-0.39, 0.29) is 26.1 Å². The summed E-state index contributed by atoms with van der Waals surface area (Å²) in [6.07, 6.45) is 23.2. The van der Waals surface area contributed by atoms with Gasteiger partial charge in [-0.25, -0.2) is 0 Å². The van der Waals surface area contributed by atoms with E-state index in [1.54, 1.807) is 0 Å². The van der Waals surface area contributed by atoms with Crippen molar-refractivity contribution in [2.75, 3.05) is 47.5 Å². The fourth-order valence-corrected chi connectivity index (χ4v) is 5.02. The van der Waals surface area contributed by atoms with Crippen LogP contribution in [0.2, 0.25) is 0 Å². The number of quaternary nitrogens is 1. The molecule has 0 aromatic heterocycles. The first-order valence-corrected chi connectivity index (χ1v) is 18.4. The average molecular weight is 634 g/mol. The lowest BCUT2D eigenvalue weighted by Crippen LogP contribution is -2.37. The highest BCUT2D eigenvalue weighted by atomic mass is 31.2. The van der Waals surface area contributed by atoms with Crippen LogP contribution < -0.4 is 4.89 Å². The van der Waals surface area contributed by atoms with Crippen LogP contribution >= 0.6 is 7.82 Å². The minimum atomic E-state index is -4.60. The summed E-state index contributed by atoms with van der Waals surface area (Å²) in [6, 6.07) is 0. The monoisotopic (exact) mass is 633 g/mol. The molecule has 0 radical (unpaired) electrons. The van der Waals surface area contributed by atoms with Gasteiger partial charge >= 0.3 is 11.9 Å². The van der Waals surface area contributed by atoms with Crippen LogP contribution in [-0.2, 0) is 32.7 Å². The Morgan fingerprint density at radius 3 is 1.77 bits per heavy atom. The number of carbonyl (C=O) groups is 2. The molecular formula is C33H64NO8P. The van der Waals surface area contributed by atoms with Crippen LogP contribution in [0.15, 0.2) is 12.2 Å². The van der Waals surface area contributed by atoms with Gasteiger partial charge in [0.15, 0.2) is 6.10 Å². The van der Waals surface area contributed by atoms with E-state index < -0.39 is 32.5 Å². The van der Waals surface area contributed by atoms with Gasteiger partial charge in [-0.1, -0.05) is 96.6 Å². The highest BCUT2D eigenvalue weighted by Gasteiger charge is 2.21. The van der Waals surface area contributed by atoms with Gasteiger partial charge in [-0.3, -0.25) is 14.2 Å². The molecule has 0 heterocycles. The number of hydrogen-bond acceptors (Lipinski definition) is 8. The van der Waals surface area contributed by atoms with Crippen molar-refractivity contribution >= 4 is 19.8 Å². The van der Waals surface area contributed by atoms with E-state index in [1.807, 2.05) is 28.1 Å². The van der Waals surface area contributed by atoms with Gasteiger partial charge in [0, 0.05) is 12.8 Å². The van der Waals surface area contributed by atoms with Crippen molar-refractivity contribution < 1.29 is 42.1 Å². The number of unbranched alkanes of at least 4 members (excludes halogenated alkanes) is 14. The van der Waals surface area contributed by atoms with Crippen molar-refractivity contribution in [3.63, 3.8) is 0 Å². The summed E-state index contributed by atoms with van der Waals surface area (Å²) in [5.41, 5.74) is 0. The molecule has 0 aromatic carbocycles. The number of ether oxygens (including phenoxy) is 2. The zero-order chi connectivity index (χ0) is 32.2. The molecule has 0 amide bonds. The fraction of sp³-hybridized carbons (Fsp3) is 0.879. The van der Waals surface area contributed by atoms with Gasteiger partial charge in [-0.15, -0.1) is 0 Å². The van der Waals surface area contributed by atoms with E-state index in [2.05, 4.69) is 19.1 Å². The first-order chi connectivity index (χ1) is 20.5. The summed E-state index contributed by atoms with van der Waals surface area (Å²) in [6.45, 7) is 4.00. The Bertz CT molecular complexity index is 768. The van der Waals surface area contributed by atoms with Gasteiger partial charge < -0.3 is 27.9 Å². The van der Waals surface area contributed by atoms with E-state index >= 15 is 0 Å². The van der Waals surface area contributed by atoms with Gasteiger partial charge in [0.1, 0.15) is 19.8 Å². The number of carbonyl (C=O) groups excluding carboxylic acids is 2. The molecule has 2 atom stereocenters. The molecule has 2 unspecified atom stereocenters. The molecule has 0 bridgehead atoms. The number of hydrogen-bond donors (Lipinski definition) is 0. The van der Waals surface area contributed by atoms with E-state index in [1.165, 1.54) is 51.4 Å². The third-order valence-corrected chi connectivity index (χ3v) is 8.00. The normalized spacial score (nSPS) is 14.1. The van der Waals surface area contributed by atoms with Gasteiger partial charge in [0.25, 0.3) is 7.82 Å². The van der Waals surface area contributed by atoms with Gasteiger partial charge in [0.05, 0.1) is 27.7 Å². The Morgan fingerprint density at radius 1 is 0.698 bits per heavy atom. The molecule has 0 spiro atoms. The molecule has 0 saturated carbocycles. The van der Waals surface area contributed by atoms with Crippen LogP contribution in [0, 0.1) is 0 Å². The number of phosphoric acid groups is 1. The summed E-state index contributed by atoms with van der Waals surface area (Å²) in [5.74, 6) is -0.873. The predicted molar refractivity (Wildman–Crippen MR) is 171 cm³/mol. The topological polar surface area (TPSA) is 111 Å². The summed E-state index contributed by atoms with van der Waals surface area (Å²) >= 11 is 0. The van der Waals surface area contributed by atoms with Crippen LogP contribution in [0.5, 0.6) is 0 Å². The maximum atomic E-state index is 12.5. The van der Waals surface area contributed by atoms with Crippen LogP contribution in [0.25, 0.3) is 0 Å². The smallest absolute Gasteiger partial charge is 0.306 e. The van der Waals surface area contributed by atoms with Crippen LogP contribution in [0.3, 0.4) is 0 Å². The number of likely N-dealkylation sites (N-methyl/N-ethyl adjacent to an activating group) is 1. The Morgan fingerprint density at radius 2 is 1.19 bits per heavy atom. The SMILES string of the molecule is CCCCCCCCC/C=C\CCCCCCCC(=O)OC(COC(=O)CCCCC)COP(=O)([O-])OCC[N+](C)(C)C. The van der Waals surface area contributed by atoms with Crippen molar-refractivity contribution in [1.29, 1.82) is 0 Å². The second kappa shape index (κ2) is 27.1. The number of esters is 2. The molecule has 0 rings (SSSR count). The summed E-state index contributed by atoms with van der Waals surface area (Å²) in [5, 5.41) is 0. The molecule has 0 fully saturated rings. The summed E-state index contributed by atoms with van der Waals surface area (Å²) in [4.78, 5) is 36.7. The zero-order valence-electron chi connectivity index (χ0n) is 28.2. The molecule has 0 aliphatic heterocycles. The number of rotatable bonds is 30. The molecule has 10 heteroatoms. The van der Waals surface area contributed by atoms with Crippen LogP contribution in [0.1, 0.15) is 136 Å². The van der Waals surface area contributed by atoms with E-state index in [4.69, 9.17) is 18.5 Å². The minimum absolute atomic E-state index is 0.0311. The van der Waals surface area contributed by atoms with E-state index in [9.17, 15) is 19.0 Å². The van der Waals surface area contributed by atoms with Gasteiger partial charge in [-0.05, 0) is 38.5 Å². The highest BCUT2D eigenvalue weighted by Crippen LogP contribution is 2.38. The fourth-order valence-electron chi connectivity index (χ4n) is 4.29. The number of phosphoric ester groups is 1. The van der Waals surface area contributed by atoms with Gasteiger partial charge in [0.2, 0.25) is 0 Å². The Labute approximate surface area is 263 Å². The molecule has 0 N–H and O–H groups in total. The zero-order valence-corrected chi connectivity index (χ0v) is 29.1. The minimum Gasteiger partial charge on any atom is -0.756 e. The summed E-state index contributed by atoms with van der Waals surface area (Å²) < 4.78 is 33.3. The Hall–Kier alpha value is -1.25. The molecule has 43 heavy (non-hydrogen) atoms. The Balaban J connectivity index is 4.28. The van der Waals surface area contributed by atoms with Crippen LogP contribution in [0.4, 0.5) is 0 Å². The maximum absolute atomic E-state index is 12.5. The third-order valence-electron chi connectivity index (χ3n) is 7.04. The molecule has 0 aliphatic rings. The highest BCUT2D eigenvalue weighted by molar-refractivity contribution is 7.45. The summed E-state index contributed by atoms with van der Waals surface area (Å²) in [7, 11) is 1.16. The first-order valence-electron chi connectivity index (χ1n) is 16.9. The lowest BCUT2D eigenvalue weighted by Gasteiger charge is -2.28. The van der Waals surface area contributed by atoms with Crippen LogP contribution in [-0.4, -0.2) is 70.0 Å².